The lowest BCUT2D eigenvalue weighted by Crippen LogP contribution is -2.07. The Morgan fingerprint density at radius 3 is 3.08 bits per heavy atom. The fourth-order valence-corrected chi connectivity index (χ4v) is 2.05. The van der Waals surface area contributed by atoms with Crippen LogP contribution in [0.1, 0.15) is 29.9 Å². The topological polar surface area (TPSA) is 17.1 Å². The van der Waals surface area contributed by atoms with Crippen LogP contribution in [0.5, 0.6) is 0 Å². The van der Waals surface area contributed by atoms with Crippen molar-refractivity contribution in [2.75, 3.05) is 0 Å². The maximum Gasteiger partial charge on any atom is 0.120 e. The van der Waals surface area contributed by atoms with Gasteiger partial charge in [0.05, 0.1) is 0 Å². The second-order valence-electron chi connectivity index (χ2n) is 3.48. The van der Waals surface area contributed by atoms with Gasteiger partial charge in [-0.15, -0.1) is 0 Å². The number of rotatable bonds is 1. The average Bonchev–Trinajstić information content (AvgIpc) is 2.19. The van der Waals surface area contributed by atoms with Gasteiger partial charge in [-0.1, -0.05) is 24.3 Å². The van der Waals surface area contributed by atoms with Crippen LogP contribution in [0.3, 0.4) is 0 Å². The van der Waals surface area contributed by atoms with Crippen LogP contribution in [0, 0.1) is 0 Å². The molecular formula is C12H12O. The average molecular weight is 172 g/mol. The number of allylic oxidation sites excluding steroid dienone is 1. The first-order chi connectivity index (χ1) is 6.42. The minimum Gasteiger partial charge on any atom is -0.234 e. The van der Waals surface area contributed by atoms with E-state index in [0.29, 0.717) is 5.92 Å². The van der Waals surface area contributed by atoms with Gasteiger partial charge in [0, 0.05) is 12.0 Å². The summed E-state index contributed by atoms with van der Waals surface area (Å²) in [7, 11) is 0. The van der Waals surface area contributed by atoms with Crippen LogP contribution in [0.25, 0.3) is 0 Å². The number of carbonyl (C=O) groups excluding carboxylic acids is 1. The molecule has 0 amide bonds. The molecule has 1 heteroatoms. The lowest BCUT2D eigenvalue weighted by atomic mass is 9.83. The molecule has 1 atom stereocenters. The molecule has 1 nitrogen and oxygen atoms in total. The molecule has 0 radical (unpaired) electrons. The van der Waals surface area contributed by atoms with Gasteiger partial charge in [-0.25, -0.2) is 4.79 Å². The SMILES string of the molecule is O=C=CC1CCCc2ccccc21. The summed E-state index contributed by atoms with van der Waals surface area (Å²) in [5.41, 5.74) is 2.71. The van der Waals surface area contributed by atoms with E-state index < -0.39 is 0 Å². The van der Waals surface area contributed by atoms with Crippen LogP contribution < -0.4 is 0 Å². The first-order valence-corrected chi connectivity index (χ1v) is 4.70. The highest BCUT2D eigenvalue weighted by Gasteiger charge is 2.17. The van der Waals surface area contributed by atoms with Crippen molar-refractivity contribution in [1.82, 2.24) is 0 Å². The van der Waals surface area contributed by atoms with Crippen LogP contribution in [-0.4, -0.2) is 5.94 Å². The molecule has 0 heterocycles. The predicted octanol–water partition coefficient (Wildman–Crippen LogP) is 2.49. The Bertz CT molecular complexity index is 348. The number of hydrogen-bond donors (Lipinski definition) is 0. The monoisotopic (exact) mass is 172 g/mol. The van der Waals surface area contributed by atoms with Gasteiger partial charge >= 0.3 is 0 Å². The lowest BCUT2D eigenvalue weighted by Gasteiger charge is -2.21. The van der Waals surface area contributed by atoms with Crippen molar-refractivity contribution in [1.29, 1.82) is 0 Å². The van der Waals surface area contributed by atoms with Crippen LogP contribution in [-0.2, 0) is 11.2 Å². The van der Waals surface area contributed by atoms with Gasteiger partial charge in [0.15, 0.2) is 0 Å². The molecule has 0 saturated carbocycles. The third-order valence-electron chi connectivity index (χ3n) is 2.69. The fourth-order valence-electron chi connectivity index (χ4n) is 2.05. The third kappa shape index (κ3) is 1.56. The van der Waals surface area contributed by atoms with Gasteiger partial charge in [-0.2, -0.15) is 0 Å². The van der Waals surface area contributed by atoms with Crippen molar-refractivity contribution in [3.8, 4) is 0 Å². The van der Waals surface area contributed by atoms with Gasteiger partial charge < -0.3 is 0 Å². The zero-order valence-electron chi connectivity index (χ0n) is 7.49. The first-order valence-electron chi connectivity index (χ1n) is 4.70. The van der Waals surface area contributed by atoms with Crippen molar-refractivity contribution in [3.05, 3.63) is 41.5 Å². The van der Waals surface area contributed by atoms with Crippen LogP contribution >= 0.6 is 0 Å². The number of aryl methyl sites for hydroxylation is 1. The molecule has 0 saturated heterocycles. The molecule has 1 unspecified atom stereocenters. The zero-order chi connectivity index (χ0) is 9.10. The molecule has 13 heavy (non-hydrogen) atoms. The van der Waals surface area contributed by atoms with Gasteiger partial charge in [0.1, 0.15) is 5.94 Å². The van der Waals surface area contributed by atoms with Crippen LogP contribution in [0.15, 0.2) is 30.3 Å². The molecule has 0 fully saturated rings. The summed E-state index contributed by atoms with van der Waals surface area (Å²) < 4.78 is 0. The minimum atomic E-state index is 0.308. The highest BCUT2D eigenvalue weighted by Crippen LogP contribution is 2.31. The van der Waals surface area contributed by atoms with E-state index in [-0.39, 0.29) is 0 Å². The summed E-state index contributed by atoms with van der Waals surface area (Å²) in [6, 6.07) is 8.37. The van der Waals surface area contributed by atoms with Crippen LogP contribution in [0.4, 0.5) is 0 Å². The molecule has 0 aromatic heterocycles. The second-order valence-corrected chi connectivity index (χ2v) is 3.48. The second kappa shape index (κ2) is 3.59. The van der Waals surface area contributed by atoms with Crippen molar-refractivity contribution >= 4 is 5.94 Å². The first kappa shape index (κ1) is 8.28. The van der Waals surface area contributed by atoms with Gasteiger partial charge in [0.25, 0.3) is 0 Å². The smallest absolute Gasteiger partial charge is 0.120 e. The highest BCUT2D eigenvalue weighted by atomic mass is 16.1. The molecule has 66 valence electrons. The summed E-state index contributed by atoms with van der Waals surface area (Å²) in [4.78, 5) is 10.3. The Morgan fingerprint density at radius 2 is 2.23 bits per heavy atom. The van der Waals surface area contributed by atoms with Gasteiger partial charge in [0.2, 0.25) is 0 Å². The molecule has 0 spiro atoms. The Kier molecular flexibility index (Phi) is 2.29. The van der Waals surface area contributed by atoms with Gasteiger partial charge in [-0.3, -0.25) is 0 Å². The van der Waals surface area contributed by atoms with E-state index in [1.54, 1.807) is 6.08 Å². The van der Waals surface area contributed by atoms with E-state index in [0.717, 1.165) is 12.8 Å². The Morgan fingerprint density at radius 1 is 1.38 bits per heavy atom. The standard InChI is InChI=1S/C12H12O/c13-9-8-11-6-3-5-10-4-1-2-7-12(10)11/h1-2,4,7-8,11H,3,5-6H2. The van der Waals surface area contributed by atoms with Crippen molar-refractivity contribution in [3.63, 3.8) is 0 Å². The van der Waals surface area contributed by atoms with Crippen molar-refractivity contribution < 1.29 is 4.79 Å². The Hall–Kier alpha value is -1.33. The summed E-state index contributed by atoms with van der Waals surface area (Å²) in [6.45, 7) is 0. The summed E-state index contributed by atoms with van der Waals surface area (Å²) >= 11 is 0. The predicted molar refractivity (Wildman–Crippen MR) is 52.4 cm³/mol. The molecule has 0 N–H and O–H groups in total. The van der Waals surface area contributed by atoms with E-state index >= 15 is 0 Å². The van der Waals surface area contributed by atoms with Gasteiger partial charge in [-0.05, 0) is 30.4 Å². The molecule has 1 aromatic rings. The molecular weight excluding hydrogens is 160 g/mol. The van der Waals surface area contributed by atoms with Crippen molar-refractivity contribution in [2.45, 2.75) is 25.2 Å². The Labute approximate surface area is 78.1 Å². The quantitative estimate of drug-likeness (QED) is 0.595. The third-order valence-corrected chi connectivity index (χ3v) is 2.69. The molecule has 1 aliphatic carbocycles. The van der Waals surface area contributed by atoms with E-state index in [1.165, 1.54) is 17.5 Å². The largest absolute Gasteiger partial charge is 0.234 e. The normalized spacial score (nSPS) is 20.2. The Balaban J connectivity index is 2.42. The van der Waals surface area contributed by atoms with E-state index in [1.807, 2.05) is 12.0 Å². The minimum absolute atomic E-state index is 0.308. The summed E-state index contributed by atoms with van der Waals surface area (Å²) in [5, 5.41) is 0. The maximum absolute atomic E-state index is 10.3. The molecule has 0 aliphatic heterocycles. The van der Waals surface area contributed by atoms with Crippen LogP contribution in [0.2, 0.25) is 0 Å². The van der Waals surface area contributed by atoms with E-state index in [2.05, 4.69) is 18.2 Å². The molecule has 2 rings (SSSR count). The van der Waals surface area contributed by atoms with Crippen molar-refractivity contribution in [2.24, 2.45) is 0 Å². The summed E-state index contributed by atoms with van der Waals surface area (Å²) in [6.07, 6.45) is 5.07. The lowest BCUT2D eigenvalue weighted by molar-refractivity contribution is 0.564. The number of fused-ring (bicyclic) bond motifs is 1. The maximum atomic E-state index is 10.3. The fraction of sp³-hybridized carbons (Fsp3) is 0.333. The number of hydrogen-bond acceptors (Lipinski definition) is 1. The summed E-state index contributed by atoms with van der Waals surface area (Å²) in [5.74, 6) is 2.21. The number of benzene rings is 1. The van der Waals surface area contributed by atoms with E-state index in [4.69, 9.17) is 0 Å². The molecule has 1 aliphatic rings. The molecule has 1 aromatic carbocycles. The zero-order valence-corrected chi connectivity index (χ0v) is 7.49. The molecule has 0 bridgehead atoms. The highest BCUT2D eigenvalue weighted by molar-refractivity contribution is 5.50. The van der Waals surface area contributed by atoms with E-state index in [9.17, 15) is 4.79 Å².